The highest BCUT2D eigenvalue weighted by molar-refractivity contribution is 6.00. The highest BCUT2D eigenvalue weighted by Crippen LogP contribution is 2.47. The van der Waals surface area contributed by atoms with Gasteiger partial charge in [-0.25, -0.2) is 9.37 Å². The molecule has 3 aromatic carbocycles. The smallest absolute Gasteiger partial charge is 0.369 e. The van der Waals surface area contributed by atoms with E-state index in [1.54, 1.807) is 30.5 Å². The molecule has 1 aromatic heterocycles. The second-order valence-electron chi connectivity index (χ2n) is 11.0. The molecule has 4 aromatic rings. The van der Waals surface area contributed by atoms with Gasteiger partial charge in [0.1, 0.15) is 11.6 Å². The Morgan fingerprint density at radius 1 is 0.977 bits per heavy atom. The predicted molar refractivity (Wildman–Crippen MR) is 165 cm³/mol. The Labute approximate surface area is 253 Å². The fourth-order valence-corrected chi connectivity index (χ4v) is 5.31. The van der Waals surface area contributed by atoms with Gasteiger partial charge in [0.25, 0.3) is 0 Å². The van der Waals surface area contributed by atoms with E-state index in [0.29, 0.717) is 36.5 Å². The van der Waals surface area contributed by atoms with Gasteiger partial charge in [0, 0.05) is 35.2 Å². The number of anilines is 4. The Balaban J connectivity index is 1.36. The van der Waals surface area contributed by atoms with Gasteiger partial charge in [-0.05, 0) is 93.4 Å². The minimum Gasteiger partial charge on any atom is -0.369 e. The molecule has 1 aliphatic carbocycles. The number of amides is 1. The third-order valence-corrected chi connectivity index (χ3v) is 7.86. The number of nitrogens with one attached hydrogen (secondary N) is 4. The molecule has 11 heteroatoms. The van der Waals surface area contributed by atoms with E-state index in [4.69, 9.17) is 4.98 Å². The van der Waals surface area contributed by atoms with Crippen LogP contribution in [0.3, 0.4) is 0 Å². The normalized spacial score (nSPS) is 14.0. The number of hydrogen-bond donors (Lipinski definition) is 4. The molecule has 44 heavy (non-hydrogen) atoms. The summed E-state index contributed by atoms with van der Waals surface area (Å²) in [6.07, 6.45) is -0.908. The lowest BCUT2D eigenvalue weighted by Gasteiger charge is -2.41. The van der Waals surface area contributed by atoms with E-state index >= 15 is 0 Å². The van der Waals surface area contributed by atoms with Crippen LogP contribution in [0.4, 0.5) is 40.7 Å². The molecule has 0 aliphatic heterocycles. The fraction of sp³-hybridized carbons (Fsp3) is 0.303. The summed E-state index contributed by atoms with van der Waals surface area (Å²) in [5.74, 6) is -0.279. The van der Waals surface area contributed by atoms with Gasteiger partial charge in [0.2, 0.25) is 11.9 Å². The molecule has 1 fully saturated rings. The molecule has 1 amide bonds. The summed E-state index contributed by atoms with van der Waals surface area (Å²) in [6.45, 7) is 3.52. The lowest BCUT2D eigenvalue weighted by molar-refractivity contribution is -0.138. The molecule has 0 saturated heterocycles. The van der Waals surface area contributed by atoms with Crippen molar-refractivity contribution in [3.63, 3.8) is 0 Å². The van der Waals surface area contributed by atoms with Crippen molar-refractivity contribution >= 4 is 29.0 Å². The first kappa shape index (κ1) is 30.9. The average molecular weight is 607 g/mol. The van der Waals surface area contributed by atoms with Crippen LogP contribution in [-0.2, 0) is 16.4 Å². The fourth-order valence-electron chi connectivity index (χ4n) is 5.31. The van der Waals surface area contributed by atoms with Crippen molar-refractivity contribution < 1.29 is 22.4 Å². The molecule has 4 N–H and O–H groups in total. The molecule has 1 aliphatic rings. The average Bonchev–Trinajstić information content (AvgIpc) is 2.96. The Bertz CT molecular complexity index is 1620. The largest absolute Gasteiger partial charge is 0.416 e. The minimum atomic E-state index is -4.64. The lowest BCUT2D eigenvalue weighted by Crippen LogP contribution is -2.46. The number of rotatable bonds is 11. The summed E-state index contributed by atoms with van der Waals surface area (Å²) in [4.78, 5) is 22.7. The number of nitrogens with zero attached hydrogens (tertiary/aromatic N) is 2. The van der Waals surface area contributed by atoms with Gasteiger partial charge in [-0.2, -0.15) is 18.2 Å². The van der Waals surface area contributed by atoms with Crippen molar-refractivity contribution in [2.45, 2.75) is 44.2 Å². The molecular weight excluding hydrogens is 572 g/mol. The van der Waals surface area contributed by atoms with Crippen LogP contribution < -0.4 is 21.3 Å². The summed E-state index contributed by atoms with van der Waals surface area (Å²) < 4.78 is 54.9. The maximum Gasteiger partial charge on any atom is 0.416 e. The number of benzene rings is 3. The SMILES string of the molecule is CNCCCNc1nc(Nc2cccc(C)c2)ncc1-c1ccc(NC(=O)C2(c3cc(C(F)(F)F)ccc3F)CCC2)cc1. The van der Waals surface area contributed by atoms with Crippen LogP contribution >= 0.6 is 0 Å². The number of alkyl halides is 3. The van der Waals surface area contributed by atoms with E-state index < -0.39 is 28.9 Å². The number of carbonyl (C=O) groups is 1. The molecule has 0 spiro atoms. The highest BCUT2D eigenvalue weighted by Gasteiger charge is 2.48. The van der Waals surface area contributed by atoms with E-state index in [9.17, 15) is 22.4 Å². The Kier molecular flexibility index (Phi) is 9.14. The molecule has 1 heterocycles. The van der Waals surface area contributed by atoms with Gasteiger partial charge in [-0.3, -0.25) is 4.79 Å². The van der Waals surface area contributed by atoms with Gasteiger partial charge >= 0.3 is 6.18 Å². The van der Waals surface area contributed by atoms with Crippen molar-refractivity contribution in [2.24, 2.45) is 0 Å². The molecule has 5 rings (SSSR count). The number of halogens is 4. The van der Waals surface area contributed by atoms with Gasteiger partial charge in [-0.15, -0.1) is 0 Å². The second-order valence-corrected chi connectivity index (χ2v) is 11.0. The van der Waals surface area contributed by atoms with Gasteiger partial charge in [-0.1, -0.05) is 30.7 Å². The third kappa shape index (κ3) is 6.83. The van der Waals surface area contributed by atoms with Crippen molar-refractivity contribution in [2.75, 3.05) is 36.1 Å². The Hall–Kier alpha value is -4.51. The van der Waals surface area contributed by atoms with Gasteiger partial charge in [0.05, 0.1) is 11.0 Å². The van der Waals surface area contributed by atoms with Crippen molar-refractivity contribution in [1.29, 1.82) is 0 Å². The molecule has 0 atom stereocenters. The van der Waals surface area contributed by atoms with E-state index in [1.165, 1.54) is 0 Å². The van der Waals surface area contributed by atoms with Crippen LogP contribution in [0, 0.1) is 12.7 Å². The summed E-state index contributed by atoms with van der Waals surface area (Å²) in [5, 5.41) is 12.6. The van der Waals surface area contributed by atoms with E-state index in [2.05, 4.69) is 26.3 Å². The lowest BCUT2D eigenvalue weighted by atomic mass is 9.63. The molecule has 0 radical (unpaired) electrons. The molecule has 0 unspecified atom stereocenters. The standard InChI is InChI=1S/C33H34F4N6O/c1-21-6-3-7-25(18-21)42-31-40-20-26(29(43-31)39-17-5-16-38-2)22-8-11-24(12-9-22)41-30(44)32(14-4-15-32)27-19-23(33(35,36)37)10-13-28(27)34/h3,6-13,18-20,38H,4-5,14-17H2,1-2H3,(H,41,44)(H2,39,40,42,43). The summed E-state index contributed by atoms with van der Waals surface area (Å²) in [7, 11) is 1.89. The molecular formula is C33H34F4N6O. The van der Waals surface area contributed by atoms with Crippen LogP contribution in [0.25, 0.3) is 11.1 Å². The number of aromatic nitrogens is 2. The van der Waals surface area contributed by atoms with Crippen LogP contribution in [0.1, 0.15) is 42.4 Å². The molecule has 230 valence electrons. The van der Waals surface area contributed by atoms with E-state index in [-0.39, 0.29) is 18.4 Å². The zero-order valence-electron chi connectivity index (χ0n) is 24.5. The van der Waals surface area contributed by atoms with Crippen LogP contribution in [0.15, 0.2) is 72.9 Å². The number of hydrogen-bond acceptors (Lipinski definition) is 6. The maximum absolute atomic E-state index is 14.8. The topological polar surface area (TPSA) is 91.0 Å². The first-order chi connectivity index (χ1) is 21.1. The zero-order valence-corrected chi connectivity index (χ0v) is 24.5. The van der Waals surface area contributed by atoms with E-state index in [1.807, 2.05) is 38.2 Å². The minimum absolute atomic E-state index is 0.224. The quantitative estimate of drug-likeness (QED) is 0.105. The summed E-state index contributed by atoms with van der Waals surface area (Å²) in [5.41, 5.74) is 1.41. The first-order valence-corrected chi connectivity index (χ1v) is 14.5. The highest BCUT2D eigenvalue weighted by atomic mass is 19.4. The second kappa shape index (κ2) is 13.0. The van der Waals surface area contributed by atoms with Crippen molar-refractivity contribution in [3.05, 3.63) is 95.4 Å². The zero-order chi connectivity index (χ0) is 31.3. The molecule has 1 saturated carbocycles. The van der Waals surface area contributed by atoms with Gasteiger partial charge < -0.3 is 21.3 Å². The molecule has 7 nitrogen and oxygen atoms in total. The first-order valence-electron chi connectivity index (χ1n) is 14.5. The van der Waals surface area contributed by atoms with E-state index in [0.717, 1.165) is 47.5 Å². The van der Waals surface area contributed by atoms with Crippen LogP contribution in [0.2, 0.25) is 0 Å². The monoisotopic (exact) mass is 606 g/mol. The number of carbonyl (C=O) groups excluding carboxylic acids is 1. The van der Waals surface area contributed by atoms with Crippen LogP contribution in [-0.4, -0.2) is 36.0 Å². The maximum atomic E-state index is 14.8. The van der Waals surface area contributed by atoms with Crippen molar-refractivity contribution in [1.82, 2.24) is 15.3 Å². The molecule has 0 bridgehead atoms. The van der Waals surface area contributed by atoms with Gasteiger partial charge in [0.15, 0.2) is 0 Å². The summed E-state index contributed by atoms with van der Waals surface area (Å²) in [6, 6.07) is 17.1. The van der Waals surface area contributed by atoms with Crippen LogP contribution in [0.5, 0.6) is 0 Å². The Morgan fingerprint density at radius 2 is 1.75 bits per heavy atom. The third-order valence-electron chi connectivity index (χ3n) is 7.86. The van der Waals surface area contributed by atoms with Crippen molar-refractivity contribution in [3.8, 4) is 11.1 Å². The number of aryl methyl sites for hydroxylation is 1. The predicted octanol–water partition coefficient (Wildman–Crippen LogP) is 7.44. The Morgan fingerprint density at radius 3 is 2.41 bits per heavy atom. The summed E-state index contributed by atoms with van der Waals surface area (Å²) >= 11 is 0.